The molecule has 20 heavy (non-hydrogen) atoms. The van der Waals surface area contributed by atoms with Crippen LogP contribution in [0.2, 0.25) is 0 Å². The second-order valence-electron chi connectivity index (χ2n) is 5.75. The molecule has 1 atom stereocenters. The van der Waals surface area contributed by atoms with E-state index in [0.717, 1.165) is 18.0 Å². The van der Waals surface area contributed by atoms with Crippen LogP contribution in [0.5, 0.6) is 0 Å². The third kappa shape index (κ3) is 4.63. The Morgan fingerprint density at radius 3 is 2.60 bits per heavy atom. The van der Waals surface area contributed by atoms with Gasteiger partial charge in [-0.3, -0.25) is 0 Å². The summed E-state index contributed by atoms with van der Waals surface area (Å²) in [5, 5.41) is 22.1. The lowest BCUT2D eigenvalue weighted by molar-refractivity contribution is 0.174. The van der Waals surface area contributed by atoms with Gasteiger partial charge < -0.3 is 10.4 Å². The summed E-state index contributed by atoms with van der Waals surface area (Å²) in [6.07, 6.45) is 7.67. The van der Waals surface area contributed by atoms with Crippen molar-refractivity contribution < 1.29 is 5.11 Å². The van der Waals surface area contributed by atoms with Crippen LogP contribution >= 0.6 is 0 Å². The molecule has 1 aliphatic rings. The number of aliphatic hydroxyl groups is 1. The van der Waals surface area contributed by atoms with Crippen LogP contribution in [0.25, 0.3) is 0 Å². The Morgan fingerprint density at radius 2 is 1.95 bits per heavy atom. The maximum absolute atomic E-state index is 10.0. The van der Waals surface area contributed by atoms with Crippen LogP contribution in [0.4, 0.5) is 0 Å². The van der Waals surface area contributed by atoms with Gasteiger partial charge in [0.05, 0.1) is 17.7 Å². The number of nitrogens with zero attached hydrogens (tertiary/aromatic N) is 1. The molecule has 1 fully saturated rings. The van der Waals surface area contributed by atoms with Crippen LogP contribution < -0.4 is 5.32 Å². The third-order valence-electron chi connectivity index (χ3n) is 4.20. The second-order valence-corrected chi connectivity index (χ2v) is 5.75. The quantitative estimate of drug-likeness (QED) is 0.750. The summed E-state index contributed by atoms with van der Waals surface area (Å²) in [6.45, 7) is 1.56. The van der Waals surface area contributed by atoms with Gasteiger partial charge in [0.15, 0.2) is 0 Å². The molecule has 3 nitrogen and oxygen atoms in total. The lowest BCUT2D eigenvalue weighted by atomic mass is 10.0. The largest absolute Gasteiger partial charge is 0.387 e. The normalized spacial score (nSPS) is 17.0. The highest BCUT2D eigenvalue weighted by Gasteiger charge is 2.14. The summed E-state index contributed by atoms with van der Waals surface area (Å²) < 4.78 is 0. The average molecular weight is 272 g/mol. The lowest BCUT2D eigenvalue weighted by Crippen LogP contribution is -2.22. The summed E-state index contributed by atoms with van der Waals surface area (Å²) in [5.41, 5.74) is 1.50. The molecular weight excluding hydrogens is 248 g/mol. The minimum absolute atomic E-state index is 0.491. The van der Waals surface area contributed by atoms with Crippen molar-refractivity contribution in [1.82, 2.24) is 5.32 Å². The van der Waals surface area contributed by atoms with E-state index in [-0.39, 0.29) is 0 Å². The Bertz CT molecular complexity index is 429. The summed E-state index contributed by atoms with van der Waals surface area (Å²) in [6, 6.07) is 9.23. The Balaban J connectivity index is 1.61. The molecule has 1 unspecified atom stereocenters. The van der Waals surface area contributed by atoms with E-state index >= 15 is 0 Å². The first-order valence-corrected chi connectivity index (χ1v) is 7.68. The molecular formula is C17H24N2O. The number of aliphatic hydroxyl groups excluding tert-OH is 1. The first-order chi connectivity index (χ1) is 9.79. The van der Waals surface area contributed by atoms with Gasteiger partial charge in [-0.1, -0.05) is 37.8 Å². The van der Waals surface area contributed by atoms with Gasteiger partial charge in [0, 0.05) is 6.54 Å². The summed E-state index contributed by atoms with van der Waals surface area (Å²) in [7, 11) is 0. The predicted molar refractivity (Wildman–Crippen MR) is 80.2 cm³/mol. The Morgan fingerprint density at radius 1 is 1.25 bits per heavy atom. The van der Waals surface area contributed by atoms with Gasteiger partial charge in [-0.15, -0.1) is 0 Å². The third-order valence-corrected chi connectivity index (χ3v) is 4.20. The Kier molecular flexibility index (Phi) is 6.04. The number of hydrogen-bond acceptors (Lipinski definition) is 3. The van der Waals surface area contributed by atoms with Gasteiger partial charge >= 0.3 is 0 Å². The standard InChI is InChI=1S/C17H24N2O/c18-12-15-7-9-16(10-8-15)17(20)13-19-11-3-6-14-4-1-2-5-14/h7-10,14,17,19-20H,1-6,11,13H2. The van der Waals surface area contributed by atoms with Crippen molar-refractivity contribution in [2.24, 2.45) is 5.92 Å². The minimum Gasteiger partial charge on any atom is -0.387 e. The summed E-state index contributed by atoms with van der Waals surface area (Å²) >= 11 is 0. The molecule has 2 rings (SSSR count). The maximum atomic E-state index is 10.0. The van der Waals surface area contributed by atoms with Gasteiger partial charge in [0.1, 0.15) is 0 Å². The molecule has 0 aliphatic heterocycles. The molecule has 0 aromatic heterocycles. The van der Waals surface area contributed by atoms with Crippen LogP contribution in [0, 0.1) is 17.2 Å². The van der Waals surface area contributed by atoms with Gasteiger partial charge in [-0.25, -0.2) is 0 Å². The molecule has 2 N–H and O–H groups in total. The topological polar surface area (TPSA) is 56.0 Å². The highest BCUT2D eigenvalue weighted by atomic mass is 16.3. The SMILES string of the molecule is N#Cc1ccc(C(O)CNCCCC2CCCC2)cc1. The van der Waals surface area contributed by atoms with E-state index in [0.29, 0.717) is 12.1 Å². The maximum Gasteiger partial charge on any atom is 0.0991 e. The number of rotatable bonds is 7. The van der Waals surface area contributed by atoms with Gasteiger partial charge in [0.25, 0.3) is 0 Å². The van der Waals surface area contributed by atoms with E-state index in [9.17, 15) is 5.11 Å². The highest BCUT2D eigenvalue weighted by Crippen LogP contribution is 2.28. The van der Waals surface area contributed by atoms with Crippen molar-refractivity contribution in [1.29, 1.82) is 5.26 Å². The number of nitrogens with one attached hydrogen (secondary N) is 1. The zero-order chi connectivity index (χ0) is 14.2. The minimum atomic E-state index is -0.491. The van der Waals surface area contributed by atoms with E-state index in [2.05, 4.69) is 11.4 Å². The molecule has 1 aliphatic carbocycles. The van der Waals surface area contributed by atoms with Gasteiger partial charge in [-0.2, -0.15) is 5.26 Å². The molecule has 1 aromatic rings. The van der Waals surface area contributed by atoms with Crippen LogP contribution in [-0.4, -0.2) is 18.2 Å². The van der Waals surface area contributed by atoms with Crippen molar-refractivity contribution in [3.63, 3.8) is 0 Å². The molecule has 1 saturated carbocycles. The van der Waals surface area contributed by atoms with Crippen LogP contribution in [0.1, 0.15) is 55.8 Å². The summed E-state index contributed by atoms with van der Waals surface area (Å²) in [5.74, 6) is 0.945. The van der Waals surface area contributed by atoms with Crippen molar-refractivity contribution in [3.8, 4) is 6.07 Å². The monoisotopic (exact) mass is 272 g/mol. The van der Waals surface area contributed by atoms with E-state index in [4.69, 9.17) is 5.26 Å². The molecule has 0 amide bonds. The average Bonchev–Trinajstić information content (AvgIpc) is 3.00. The van der Waals surface area contributed by atoms with Crippen LogP contribution in [0.15, 0.2) is 24.3 Å². The fraction of sp³-hybridized carbons (Fsp3) is 0.588. The fourth-order valence-corrected chi connectivity index (χ4v) is 2.95. The molecule has 0 saturated heterocycles. The first kappa shape index (κ1) is 15.0. The van der Waals surface area contributed by atoms with Crippen molar-refractivity contribution in [3.05, 3.63) is 35.4 Å². The molecule has 0 heterocycles. The number of benzene rings is 1. The smallest absolute Gasteiger partial charge is 0.0991 e. The lowest BCUT2D eigenvalue weighted by Gasteiger charge is -2.13. The zero-order valence-electron chi connectivity index (χ0n) is 12.0. The predicted octanol–water partition coefficient (Wildman–Crippen LogP) is 3.15. The van der Waals surface area contributed by atoms with Crippen LogP contribution in [0.3, 0.4) is 0 Å². The first-order valence-electron chi connectivity index (χ1n) is 7.68. The van der Waals surface area contributed by atoms with Crippen molar-refractivity contribution >= 4 is 0 Å². The summed E-state index contributed by atoms with van der Waals surface area (Å²) in [4.78, 5) is 0. The molecule has 0 radical (unpaired) electrons. The van der Waals surface area contributed by atoms with Crippen molar-refractivity contribution in [2.75, 3.05) is 13.1 Å². The Labute approximate surface area is 121 Å². The van der Waals surface area contributed by atoms with E-state index in [1.54, 1.807) is 12.1 Å². The second kappa shape index (κ2) is 8.04. The number of nitriles is 1. The van der Waals surface area contributed by atoms with Crippen molar-refractivity contribution in [2.45, 2.75) is 44.6 Å². The van der Waals surface area contributed by atoms with E-state index in [1.165, 1.54) is 38.5 Å². The van der Waals surface area contributed by atoms with E-state index < -0.39 is 6.10 Å². The van der Waals surface area contributed by atoms with Gasteiger partial charge in [0.2, 0.25) is 0 Å². The van der Waals surface area contributed by atoms with Gasteiger partial charge in [-0.05, 0) is 43.0 Å². The molecule has 108 valence electrons. The molecule has 1 aromatic carbocycles. The molecule has 3 heteroatoms. The fourth-order valence-electron chi connectivity index (χ4n) is 2.95. The van der Waals surface area contributed by atoms with Crippen LogP contribution in [-0.2, 0) is 0 Å². The zero-order valence-corrected chi connectivity index (χ0v) is 12.0. The number of hydrogen-bond donors (Lipinski definition) is 2. The molecule has 0 bridgehead atoms. The Hall–Kier alpha value is -1.37. The van der Waals surface area contributed by atoms with E-state index in [1.807, 2.05) is 12.1 Å². The molecule has 0 spiro atoms. The highest BCUT2D eigenvalue weighted by molar-refractivity contribution is 5.32.